The van der Waals surface area contributed by atoms with Crippen molar-refractivity contribution in [2.45, 2.75) is 58.8 Å². The second-order valence-electron chi connectivity index (χ2n) is 5.16. The van der Waals surface area contributed by atoms with E-state index in [9.17, 15) is 0 Å². The molecular formula is C16H34O3. The second kappa shape index (κ2) is 15.9. The average Bonchev–Trinajstić information content (AvgIpc) is 2.43. The molecule has 0 heterocycles. The fourth-order valence-corrected chi connectivity index (χ4v) is 2.13. The van der Waals surface area contributed by atoms with E-state index in [1.54, 1.807) is 7.11 Å². The fourth-order valence-electron chi connectivity index (χ4n) is 2.13. The molecule has 0 aromatic rings. The molecule has 0 aromatic heterocycles. The summed E-state index contributed by atoms with van der Waals surface area (Å²) in [6.07, 6.45) is 9.25. The van der Waals surface area contributed by atoms with Gasteiger partial charge in [-0.15, -0.1) is 0 Å². The van der Waals surface area contributed by atoms with Crippen LogP contribution in [-0.2, 0) is 14.2 Å². The standard InChI is InChI=1S/C16H34O3/c1-4-6-8-16(9-7-5-2)10-11-18-14-15-19-13-12-17-3/h16H,4-15H2,1-3H3. The van der Waals surface area contributed by atoms with Crippen LogP contribution in [0, 0.1) is 5.92 Å². The van der Waals surface area contributed by atoms with Crippen LogP contribution in [0.15, 0.2) is 0 Å². The Morgan fingerprint density at radius 3 is 1.74 bits per heavy atom. The summed E-state index contributed by atoms with van der Waals surface area (Å²) < 4.78 is 15.9. The molecular weight excluding hydrogens is 240 g/mol. The van der Waals surface area contributed by atoms with Gasteiger partial charge in [-0.25, -0.2) is 0 Å². The Kier molecular flexibility index (Phi) is 15.8. The van der Waals surface area contributed by atoms with Crippen LogP contribution in [0.25, 0.3) is 0 Å². The lowest BCUT2D eigenvalue weighted by molar-refractivity contribution is 0.0213. The first-order valence-electron chi connectivity index (χ1n) is 7.99. The number of ether oxygens (including phenoxy) is 3. The highest BCUT2D eigenvalue weighted by Gasteiger charge is 2.07. The van der Waals surface area contributed by atoms with Crippen LogP contribution in [0.2, 0.25) is 0 Å². The molecule has 3 heteroatoms. The van der Waals surface area contributed by atoms with Gasteiger partial charge in [0.15, 0.2) is 0 Å². The number of methoxy groups -OCH3 is 1. The van der Waals surface area contributed by atoms with Crippen molar-refractivity contribution in [3.63, 3.8) is 0 Å². The number of rotatable bonds is 15. The van der Waals surface area contributed by atoms with Crippen molar-refractivity contribution in [2.24, 2.45) is 5.92 Å². The fraction of sp³-hybridized carbons (Fsp3) is 1.00. The molecule has 0 amide bonds. The van der Waals surface area contributed by atoms with E-state index >= 15 is 0 Å². The van der Waals surface area contributed by atoms with Crippen LogP contribution >= 0.6 is 0 Å². The average molecular weight is 274 g/mol. The summed E-state index contributed by atoms with van der Waals surface area (Å²) in [5, 5.41) is 0. The minimum Gasteiger partial charge on any atom is -0.382 e. The zero-order valence-electron chi connectivity index (χ0n) is 13.3. The maximum atomic E-state index is 5.64. The van der Waals surface area contributed by atoms with E-state index in [0.717, 1.165) is 12.5 Å². The van der Waals surface area contributed by atoms with Gasteiger partial charge in [-0.2, -0.15) is 0 Å². The van der Waals surface area contributed by atoms with Crippen molar-refractivity contribution < 1.29 is 14.2 Å². The zero-order chi connectivity index (χ0) is 14.2. The molecule has 0 aliphatic heterocycles. The van der Waals surface area contributed by atoms with E-state index in [0.29, 0.717) is 26.4 Å². The minimum atomic E-state index is 0.662. The smallest absolute Gasteiger partial charge is 0.0701 e. The first-order chi connectivity index (χ1) is 9.35. The van der Waals surface area contributed by atoms with Gasteiger partial charge in [0.1, 0.15) is 0 Å². The lowest BCUT2D eigenvalue weighted by Gasteiger charge is -2.16. The van der Waals surface area contributed by atoms with Gasteiger partial charge in [0.2, 0.25) is 0 Å². The third-order valence-electron chi connectivity index (χ3n) is 3.41. The Morgan fingerprint density at radius 1 is 0.684 bits per heavy atom. The van der Waals surface area contributed by atoms with Gasteiger partial charge in [-0.1, -0.05) is 52.4 Å². The van der Waals surface area contributed by atoms with Crippen LogP contribution in [0.3, 0.4) is 0 Å². The van der Waals surface area contributed by atoms with Crippen molar-refractivity contribution >= 4 is 0 Å². The molecule has 3 nitrogen and oxygen atoms in total. The van der Waals surface area contributed by atoms with Crippen molar-refractivity contribution in [1.82, 2.24) is 0 Å². The molecule has 0 aromatic carbocycles. The largest absolute Gasteiger partial charge is 0.382 e. The summed E-state index contributed by atoms with van der Waals surface area (Å²) in [5.74, 6) is 0.856. The quantitative estimate of drug-likeness (QED) is 0.422. The van der Waals surface area contributed by atoms with Crippen LogP contribution in [-0.4, -0.2) is 40.1 Å². The van der Waals surface area contributed by atoms with Gasteiger partial charge in [-0.05, 0) is 12.3 Å². The molecule has 0 saturated carbocycles. The lowest BCUT2D eigenvalue weighted by atomic mass is 9.93. The predicted octanol–water partition coefficient (Wildman–Crippen LogP) is 4.05. The maximum Gasteiger partial charge on any atom is 0.0701 e. The molecule has 0 fully saturated rings. The van der Waals surface area contributed by atoms with E-state index in [4.69, 9.17) is 14.2 Å². The molecule has 116 valence electrons. The molecule has 0 spiro atoms. The SMILES string of the molecule is CCCCC(CCCC)CCOCCOCCOC. The summed E-state index contributed by atoms with van der Waals surface area (Å²) in [5.41, 5.74) is 0. The molecule has 19 heavy (non-hydrogen) atoms. The van der Waals surface area contributed by atoms with Crippen LogP contribution in [0.4, 0.5) is 0 Å². The molecule has 0 rings (SSSR count). The number of hydrogen-bond acceptors (Lipinski definition) is 3. The zero-order valence-corrected chi connectivity index (χ0v) is 13.3. The Labute approximate surface area is 120 Å². The molecule has 0 saturated heterocycles. The summed E-state index contributed by atoms with van der Waals surface area (Å²) >= 11 is 0. The van der Waals surface area contributed by atoms with Gasteiger partial charge >= 0.3 is 0 Å². The highest BCUT2D eigenvalue weighted by atomic mass is 16.5. The van der Waals surface area contributed by atoms with E-state index in [1.165, 1.54) is 44.9 Å². The highest BCUT2D eigenvalue weighted by molar-refractivity contribution is 4.59. The van der Waals surface area contributed by atoms with Crippen molar-refractivity contribution in [2.75, 3.05) is 40.1 Å². The normalized spacial score (nSPS) is 11.4. The highest BCUT2D eigenvalue weighted by Crippen LogP contribution is 2.19. The van der Waals surface area contributed by atoms with Gasteiger partial charge in [0, 0.05) is 13.7 Å². The van der Waals surface area contributed by atoms with Gasteiger partial charge in [-0.3, -0.25) is 0 Å². The van der Waals surface area contributed by atoms with E-state index in [-0.39, 0.29) is 0 Å². The topological polar surface area (TPSA) is 27.7 Å². The van der Waals surface area contributed by atoms with Crippen LogP contribution in [0.1, 0.15) is 58.8 Å². The Bertz CT molecular complexity index is 154. The minimum absolute atomic E-state index is 0.662. The van der Waals surface area contributed by atoms with E-state index < -0.39 is 0 Å². The molecule has 0 bridgehead atoms. The first-order valence-corrected chi connectivity index (χ1v) is 7.99. The number of hydrogen-bond donors (Lipinski definition) is 0. The van der Waals surface area contributed by atoms with Crippen LogP contribution < -0.4 is 0 Å². The molecule has 0 unspecified atom stereocenters. The molecule has 0 aliphatic carbocycles. The van der Waals surface area contributed by atoms with Crippen molar-refractivity contribution in [3.8, 4) is 0 Å². The van der Waals surface area contributed by atoms with Crippen molar-refractivity contribution in [3.05, 3.63) is 0 Å². The Hall–Kier alpha value is -0.120. The van der Waals surface area contributed by atoms with Gasteiger partial charge in [0.05, 0.1) is 26.4 Å². The van der Waals surface area contributed by atoms with Gasteiger partial charge < -0.3 is 14.2 Å². The molecule has 0 aliphatic rings. The van der Waals surface area contributed by atoms with Gasteiger partial charge in [0.25, 0.3) is 0 Å². The van der Waals surface area contributed by atoms with Crippen LogP contribution in [0.5, 0.6) is 0 Å². The first kappa shape index (κ1) is 18.9. The van der Waals surface area contributed by atoms with Crippen molar-refractivity contribution in [1.29, 1.82) is 0 Å². The summed E-state index contributed by atoms with van der Waals surface area (Å²) in [4.78, 5) is 0. The van der Waals surface area contributed by atoms with E-state index in [1.807, 2.05) is 0 Å². The summed E-state index contributed by atoms with van der Waals surface area (Å²) in [6.45, 7) is 8.13. The second-order valence-corrected chi connectivity index (χ2v) is 5.16. The number of unbranched alkanes of at least 4 members (excludes halogenated alkanes) is 2. The summed E-state index contributed by atoms with van der Waals surface area (Å²) in [7, 11) is 1.69. The Balaban J connectivity index is 3.40. The Morgan fingerprint density at radius 2 is 1.21 bits per heavy atom. The molecule has 0 N–H and O–H groups in total. The predicted molar refractivity (Wildman–Crippen MR) is 80.7 cm³/mol. The summed E-state index contributed by atoms with van der Waals surface area (Å²) in [6, 6.07) is 0. The monoisotopic (exact) mass is 274 g/mol. The molecule has 0 radical (unpaired) electrons. The third kappa shape index (κ3) is 14.1. The lowest BCUT2D eigenvalue weighted by Crippen LogP contribution is -2.11. The molecule has 0 atom stereocenters. The maximum absolute atomic E-state index is 5.64. The van der Waals surface area contributed by atoms with E-state index in [2.05, 4.69) is 13.8 Å². The third-order valence-corrected chi connectivity index (χ3v) is 3.41.